The number of rotatable bonds is 4. The molecule has 0 bridgehead atoms. The van der Waals surface area contributed by atoms with E-state index in [2.05, 4.69) is 15.6 Å². The molecule has 7 heteroatoms. The lowest BCUT2D eigenvalue weighted by atomic mass is 10.1. The molecule has 22 heavy (non-hydrogen) atoms. The van der Waals surface area contributed by atoms with Gasteiger partial charge in [0.05, 0.1) is 29.5 Å². The van der Waals surface area contributed by atoms with Crippen molar-refractivity contribution in [2.24, 2.45) is 0 Å². The number of amides is 1. The molecule has 2 N–H and O–H groups in total. The molecule has 1 aliphatic heterocycles. The summed E-state index contributed by atoms with van der Waals surface area (Å²) in [6.45, 7) is 5.78. The van der Waals surface area contributed by atoms with Crippen molar-refractivity contribution in [3.05, 3.63) is 18.2 Å². The molecule has 2 heterocycles. The number of benzene rings is 1. The summed E-state index contributed by atoms with van der Waals surface area (Å²) in [5.74, 6) is 0.698. The summed E-state index contributed by atoms with van der Waals surface area (Å²) in [5.41, 5.74) is 0.852. The summed E-state index contributed by atoms with van der Waals surface area (Å²) in [7, 11) is 0. The highest BCUT2D eigenvalue weighted by atomic mass is 32.1. The first kappa shape index (κ1) is 15.2. The summed E-state index contributed by atoms with van der Waals surface area (Å²) in [4.78, 5) is 16.7. The van der Waals surface area contributed by atoms with Crippen molar-refractivity contribution in [2.75, 3.05) is 25.1 Å². The summed E-state index contributed by atoms with van der Waals surface area (Å²) >= 11 is 1.44. The maximum Gasteiger partial charge on any atom is 0.245 e. The van der Waals surface area contributed by atoms with Gasteiger partial charge in [-0.25, -0.2) is 4.98 Å². The summed E-state index contributed by atoms with van der Waals surface area (Å²) in [5, 5.41) is 6.63. The van der Waals surface area contributed by atoms with E-state index in [4.69, 9.17) is 9.47 Å². The first-order chi connectivity index (χ1) is 10.7. The van der Waals surface area contributed by atoms with Crippen molar-refractivity contribution in [1.82, 2.24) is 10.3 Å². The molecule has 118 valence electrons. The molecule has 3 rings (SSSR count). The Morgan fingerprint density at radius 2 is 2.45 bits per heavy atom. The van der Waals surface area contributed by atoms with Crippen LogP contribution in [0.2, 0.25) is 0 Å². The first-order valence-corrected chi connectivity index (χ1v) is 8.18. The predicted molar refractivity (Wildman–Crippen MR) is 86.6 cm³/mol. The van der Waals surface area contributed by atoms with Gasteiger partial charge in [0, 0.05) is 6.54 Å². The van der Waals surface area contributed by atoms with Gasteiger partial charge in [-0.3, -0.25) is 4.79 Å². The lowest BCUT2D eigenvalue weighted by molar-refractivity contribution is -0.123. The second kappa shape index (κ2) is 6.60. The van der Waals surface area contributed by atoms with E-state index in [0.717, 1.165) is 16.0 Å². The maximum atomic E-state index is 12.3. The molecule has 0 saturated carbocycles. The van der Waals surface area contributed by atoms with Crippen LogP contribution in [0.25, 0.3) is 10.2 Å². The monoisotopic (exact) mass is 321 g/mol. The number of thiazole rings is 1. The zero-order chi connectivity index (χ0) is 15.5. The molecule has 1 aromatic carbocycles. The highest BCUT2D eigenvalue weighted by molar-refractivity contribution is 7.22. The molecule has 0 aliphatic carbocycles. The van der Waals surface area contributed by atoms with Gasteiger partial charge < -0.3 is 20.1 Å². The van der Waals surface area contributed by atoms with Gasteiger partial charge in [0.2, 0.25) is 5.91 Å². The van der Waals surface area contributed by atoms with Crippen LogP contribution < -0.4 is 15.4 Å². The standard InChI is InChI=1S/C15H19N3O3S/c1-3-20-10-4-5-11-12(8-10)22-15(17-11)18-14(19)13-9(2)21-7-6-16-13/h4-5,8-9,13,16H,3,6-7H2,1-2H3,(H,17,18,19)/t9-,13+/m1/s1. The van der Waals surface area contributed by atoms with Crippen LogP contribution in [0.4, 0.5) is 5.13 Å². The molecule has 1 fully saturated rings. The number of carbonyl (C=O) groups excluding carboxylic acids is 1. The van der Waals surface area contributed by atoms with E-state index in [-0.39, 0.29) is 18.1 Å². The smallest absolute Gasteiger partial charge is 0.245 e. The van der Waals surface area contributed by atoms with Crippen molar-refractivity contribution >= 4 is 32.6 Å². The maximum absolute atomic E-state index is 12.3. The Morgan fingerprint density at radius 3 is 3.23 bits per heavy atom. The molecule has 6 nitrogen and oxygen atoms in total. The Morgan fingerprint density at radius 1 is 1.59 bits per heavy atom. The molecule has 1 aromatic heterocycles. The second-order valence-electron chi connectivity index (χ2n) is 5.08. The van der Waals surface area contributed by atoms with Crippen LogP contribution in [-0.2, 0) is 9.53 Å². The van der Waals surface area contributed by atoms with Gasteiger partial charge in [-0.1, -0.05) is 11.3 Å². The van der Waals surface area contributed by atoms with Gasteiger partial charge in [0.15, 0.2) is 5.13 Å². The van der Waals surface area contributed by atoms with Crippen LogP contribution in [0.15, 0.2) is 18.2 Å². The number of nitrogens with one attached hydrogen (secondary N) is 2. The molecule has 2 atom stereocenters. The number of aromatic nitrogens is 1. The van der Waals surface area contributed by atoms with Crippen molar-refractivity contribution in [3.63, 3.8) is 0 Å². The summed E-state index contributed by atoms with van der Waals surface area (Å²) in [6, 6.07) is 5.38. The third-order valence-electron chi connectivity index (χ3n) is 3.50. The minimum absolute atomic E-state index is 0.115. The lowest BCUT2D eigenvalue weighted by Gasteiger charge is -2.28. The average molecular weight is 321 g/mol. The highest BCUT2D eigenvalue weighted by Gasteiger charge is 2.28. The Labute approximate surface area is 132 Å². The number of fused-ring (bicyclic) bond motifs is 1. The SMILES string of the molecule is CCOc1ccc2nc(NC(=O)[C@H]3NCCO[C@@H]3C)sc2c1. The Bertz CT molecular complexity index is 673. The number of ether oxygens (including phenoxy) is 2. The number of anilines is 1. The van der Waals surface area contributed by atoms with Crippen LogP contribution >= 0.6 is 11.3 Å². The molecule has 2 aromatic rings. The molecule has 0 spiro atoms. The van der Waals surface area contributed by atoms with Crippen molar-refractivity contribution in [2.45, 2.75) is 26.0 Å². The van der Waals surface area contributed by atoms with E-state index < -0.39 is 0 Å². The lowest BCUT2D eigenvalue weighted by Crippen LogP contribution is -2.53. The van der Waals surface area contributed by atoms with E-state index in [1.165, 1.54) is 11.3 Å². The Kier molecular flexibility index (Phi) is 4.56. The third kappa shape index (κ3) is 3.21. The average Bonchev–Trinajstić information content (AvgIpc) is 2.89. The van der Waals surface area contributed by atoms with E-state index in [1.807, 2.05) is 32.0 Å². The van der Waals surface area contributed by atoms with Gasteiger partial charge >= 0.3 is 0 Å². The molecule has 1 saturated heterocycles. The minimum atomic E-state index is -0.347. The fourth-order valence-corrected chi connectivity index (χ4v) is 3.32. The topological polar surface area (TPSA) is 72.5 Å². The van der Waals surface area contributed by atoms with Crippen LogP contribution in [0, 0.1) is 0 Å². The van der Waals surface area contributed by atoms with Gasteiger partial charge in [0.25, 0.3) is 0 Å². The van der Waals surface area contributed by atoms with Gasteiger partial charge in [-0.05, 0) is 32.0 Å². The van der Waals surface area contributed by atoms with Gasteiger partial charge in [-0.15, -0.1) is 0 Å². The molecular formula is C15H19N3O3S. The van der Waals surface area contributed by atoms with E-state index in [1.54, 1.807) is 0 Å². The third-order valence-corrected chi connectivity index (χ3v) is 4.43. The summed E-state index contributed by atoms with van der Waals surface area (Å²) in [6.07, 6.45) is -0.146. The fourth-order valence-electron chi connectivity index (χ4n) is 2.43. The largest absolute Gasteiger partial charge is 0.494 e. The first-order valence-electron chi connectivity index (χ1n) is 7.36. The predicted octanol–water partition coefficient (Wildman–Crippen LogP) is 2.01. The highest BCUT2D eigenvalue weighted by Crippen LogP contribution is 2.29. The van der Waals surface area contributed by atoms with E-state index in [9.17, 15) is 4.79 Å². The van der Waals surface area contributed by atoms with E-state index >= 15 is 0 Å². The Hall–Kier alpha value is -1.70. The quantitative estimate of drug-likeness (QED) is 0.901. The molecule has 1 amide bonds. The number of carbonyl (C=O) groups is 1. The molecule has 0 unspecified atom stereocenters. The van der Waals surface area contributed by atoms with Crippen LogP contribution in [0.1, 0.15) is 13.8 Å². The molecule has 1 aliphatic rings. The number of nitrogens with zero attached hydrogens (tertiary/aromatic N) is 1. The number of morpholine rings is 1. The normalized spacial score (nSPS) is 21.7. The Balaban J connectivity index is 1.74. The molecular weight excluding hydrogens is 302 g/mol. The number of hydrogen-bond acceptors (Lipinski definition) is 6. The zero-order valence-corrected chi connectivity index (χ0v) is 13.4. The minimum Gasteiger partial charge on any atom is -0.494 e. The second-order valence-corrected chi connectivity index (χ2v) is 6.11. The van der Waals surface area contributed by atoms with Crippen molar-refractivity contribution < 1.29 is 14.3 Å². The summed E-state index contributed by atoms with van der Waals surface area (Å²) < 4.78 is 12.0. The fraction of sp³-hybridized carbons (Fsp3) is 0.467. The van der Waals surface area contributed by atoms with Crippen molar-refractivity contribution in [1.29, 1.82) is 0 Å². The van der Waals surface area contributed by atoms with Gasteiger partial charge in [0.1, 0.15) is 11.8 Å². The van der Waals surface area contributed by atoms with Crippen LogP contribution in [0.5, 0.6) is 5.75 Å². The van der Waals surface area contributed by atoms with Crippen molar-refractivity contribution in [3.8, 4) is 5.75 Å². The van der Waals surface area contributed by atoms with Gasteiger partial charge in [-0.2, -0.15) is 0 Å². The zero-order valence-electron chi connectivity index (χ0n) is 12.6. The number of hydrogen-bond donors (Lipinski definition) is 2. The van der Waals surface area contributed by atoms with Crippen LogP contribution in [0.3, 0.4) is 0 Å². The van der Waals surface area contributed by atoms with Crippen LogP contribution in [-0.4, -0.2) is 42.8 Å². The van der Waals surface area contributed by atoms with E-state index in [0.29, 0.717) is 24.9 Å². The molecule has 0 radical (unpaired) electrons.